The van der Waals surface area contributed by atoms with Crippen LogP contribution in [0.2, 0.25) is 0 Å². The smallest absolute Gasteiger partial charge is 0.305 e. The number of nitrogens with one attached hydrogen (secondary N) is 1. The van der Waals surface area contributed by atoms with E-state index in [1.54, 1.807) is 0 Å². The molecule has 0 bridgehead atoms. The van der Waals surface area contributed by atoms with Gasteiger partial charge in [-0.1, -0.05) is 0 Å². The second kappa shape index (κ2) is 11.7. The molecule has 0 aromatic carbocycles. The summed E-state index contributed by atoms with van der Waals surface area (Å²) in [6, 6.07) is 0. The predicted molar refractivity (Wildman–Crippen MR) is 101 cm³/mol. The highest BCUT2D eigenvalue weighted by atomic mass is 32.2. The molecule has 0 aromatic rings. The van der Waals surface area contributed by atoms with Crippen molar-refractivity contribution in [3.8, 4) is 0 Å². The zero-order valence-electron chi connectivity index (χ0n) is 17.8. The lowest BCUT2D eigenvalue weighted by atomic mass is 9.97. The molecule has 14 nitrogen and oxygen atoms in total. The van der Waals surface area contributed by atoms with Gasteiger partial charge in [0, 0.05) is 34.2 Å². The number of rotatable bonds is 9. The first-order chi connectivity index (χ1) is 14.7. The van der Waals surface area contributed by atoms with Crippen LogP contribution >= 0.6 is 0 Å². The highest BCUT2D eigenvalue weighted by Crippen LogP contribution is 2.30. The van der Waals surface area contributed by atoms with E-state index in [-0.39, 0.29) is 13.0 Å². The van der Waals surface area contributed by atoms with Crippen molar-refractivity contribution in [1.29, 1.82) is 0 Å². The van der Waals surface area contributed by atoms with Gasteiger partial charge in [-0.05, 0) is 6.42 Å². The van der Waals surface area contributed by atoms with Crippen LogP contribution in [-0.4, -0.2) is 85.8 Å². The maximum absolute atomic E-state index is 12.7. The summed E-state index contributed by atoms with van der Waals surface area (Å²) in [7, 11) is -4.25. The van der Waals surface area contributed by atoms with E-state index >= 15 is 0 Å². The number of ether oxygens (including phenoxy) is 5. The van der Waals surface area contributed by atoms with Crippen molar-refractivity contribution in [3.63, 3.8) is 0 Å². The quantitative estimate of drug-likeness (QED) is 0.166. The van der Waals surface area contributed by atoms with Crippen molar-refractivity contribution < 1.29 is 60.6 Å². The largest absolute Gasteiger partial charge is 0.455 e. The van der Waals surface area contributed by atoms with Gasteiger partial charge >= 0.3 is 23.9 Å². The minimum atomic E-state index is -4.25. The van der Waals surface area contributed by atoms with Crippen LogP contribution in [0.3, 0.4) is 0 Å². The molecule has 182 valence electrons. The number of carbonyl (C=O) groups excluding carboxylic acids is 5. The summed E-state index contributed by atoms with van der Waals surface area (Å²) in [5, 5.41) is 2.31. The van der Waals surface area contributed by atoms with Gasteiger partial charge in [0.15, 0.2) is 18.3 Å². The molecule has 1 heterocycles. The number of hydrogen-bond donors (Lipinski definition) is 2. The fraction of sp³-hybridized carbons (Fsp3) is 0.706. The number of amides is 1. The van der Waals surface area contributed by atoms with E-state index in [1.807, 2.05) is 0 Å². The molecule has 1 rings (SSSR count). The van der Waals surface area contributed by atoms with E-state index in [1.165, 1.54) is 0 Å². The van der Waals surface area contributed by atoms with Gasteiger partial charge in [0.25, 0.3) is 16.0 Å². The summed E-state index contributed by atoms with van der Waals surface area (Å²) >= 11 is 0. The molecule has 5 atom stereocenters. The third-order valence-electron chi connectivity index (χ3n) is 3.82. The lowest BCUT2D eigenvalue weighted by molar-refractivity contribution is -0.290. The first-order valence-corrected chi connectivity index (χ1v) is 10.9. The Morgan fingerprint density at radius 1 is 0.812 bits per heavy atom. The van der Waals surface area contributed by atoms with Gasteiger partial charge in [-0.3, -0.25) is 28.5 Å². The summed E-state index contributed by atoms with van der Waals surface area (Å²) in [6.07, 6.45) is -8.35. The topological polar surface area (TPSA) is 198 Å². The highest BCUT2D eigenvalue weighted by molar-refractivity contribution is 7.85. The first-order valence-electron chi connectivity index (χ1n) is 9.28. The number of hydrogen-bond acceptors (Lipinski definition) is 12. The van der Waals surface area contributed by atoms with Crippen LogP contribution < -0.4 is 5.32 Å². The molecule has 2 N–H and O–H groups in total. The van der Waals surface area contributed by atoms with E-state index in [0.29, 0.717) is 0 Å². The minimum Gasteiger partial charge on any atom is -0.455 e. The van der Waals surface area contributed by atoms with E-state index in [2.05, 4.69) is 5.32 Å². The molecule has 0 radical (unpaired) electrons. The van der Waals surface area contributed by atoms with E-state index < -0.39 is 76.4 Å². The molecule has 0 saturated carbocycles. The summed E-state index contributed by atoms with van der Waals surface area (Å²) < 4.78 is 56.0. The molecule has 1 amide bonds. The van der Waals surface area contributed by atoms with E-state index in [0.717, 1.165) is 27.7 Å². The van der Waals surface area contributed by atoms with Crippen molar-refractivity contribution in [2.75, 3.05) is 12.3 Å². The van der Waals surface area contributed by atoms with Gasteiger partial charge < -0.3 is 29.0 Å². The average molecular weight is 483 g/mol. The van der Waals surface area contributed by atoms with Crippen molar-refractivity contribution in [2.45, 2.75) is 64.8 Å². The molecule has 0 spiro atoms. The fourth-order valence-corrected chi connectivity index (χ4v) is 3.32. The Kier molecular flexibility index (Phi) is 9.99. The minimum absolute atomic E-state index is 0.160. The molecule has 15 heteroatoms. The molecule has 1 aliphatic heterocycles. The van der Waals surface area contributed by atoms with Crippen LogP contribution in [-0.2, 0) is 57.8 Å². The Balaban J connectivity index is 3.24. The average Bonchev–Trinajstić information content (AvgIpc) is 2.60. The zero-order chi connectivity index (χ0) is 24.6. The van der Waals surface area contributed by atoms with Gasteiger partial charge in [-0.25, -0.2) is 0 Å². The van der Waals surface area contributed by atoms with Crippen molar-refractivity contribution in [2.24, 2.45) is 0 Å². The van der Waals surface area contributed by atoms with Gasteiger partial charge in [-0.15, -0.1) is 0 Å². The monoisotopic (exact) mass is 483 g/mol. The second-order valence-corrected chi connectivity index (χ2v) is 8.26. The lowest BCUT2D eigenvalue weighted by Gasteiger charge is -2.43. The lowest BCUT2D eigenvalue weighted by Crippen LogP contribution is -2.65. The summed E-state index contributed by atoms with van der Waals surface area (Å²) in [4.78, 5) is 59.0. The van der Waals surface area contributed by atoms with Gasteiger partial charge in [0.1, 0.15) is 0 Å². The highest BCUT2D eigenvalue weighted by Gasteiger charge is 2.55. The SMILES string of the molecule is CC(=O)O[C@@H]1O[C@H](C(=O)NCCCS(=O)(=O)O)[C@@H](OC(C)=O)[C@H](OC(C)=O)[C@H]1OC(C)=O. The zero-order valence-corrected chi connectivity index (χ0v) is 18.6. The Bertz CT molecular complexity index is 839. The number of esters is 4. The third-order valence-corrected chi connectivity index (χ3v) is 4.62. The molecule has 0 aromatic heterocycles. The van der Waals surface area contributed by atoms with Crippen LogP contribution in [0.5, 0.6) is 0 Å². The van der Waals surface area contributed by atoms with Crippen molar-refractivity contribution in [1.82, 2.24) is 5.32 Å². The maximum atomic E-state index is 12.7. The van der Waals surface area contributed by atoms with Crippen molar-refractivity contribution in [3.05, 3.63) is 0 Å². The normalized spacial score (nSPS) is 25.2. The molecular formula is C17H25NO13S. The molecule has 1 aliphatic rings. The predicted octanol–water partition coefficient (Wildman–Crippen LogP) is -1.54. The molecular weight excluding hydrogens is 458 g/mol. The van der Waals surface area contributed by atoms with Gasteiger partial charge in [0.2, 0.25) is 12.4 Å². The summed E-state index contributed by atoms with van der Waals surface area (Å²) in [5.74, 6) is -5.11. The van der Waals surface area contributed by atoms with Crippen molar-refractivity contribution >= 4 is 39.9 Å². The Morgan fingerprint density at radius 2 is 1.28 bits per heavy atom. The summed E-state index contributed by atoms with van der Waals surface area (Å²) in [5.41, 5.74) is 0. The van der Waals surface area contributed by atoms with Crippen LogP contribution in [0.15, 0.2) is 0 Å². The fourth-order valence-electron chi connectivity index (χ4n) is 2.81. The molecule has 32 heavy (non-hydrogen) atoms. The molecule has 1 fully saturated rings. The first kappa shape index (κ1) is 27.3. The van der Waals surface area contributed by atoms with E-state index in [9.17, 15) is 32.4 Å². The Hall–Kier alpha value is -2.78. The molecule has 0 unspecified atom stereocenters. The molecule has 1 saturated heterocycles. The second-order valence-electron chi connectivity index (χ2n) is 6.69. The Labute approximate surface area is 183 Å². The Morgan fingerprint density at radius 3 is 1.75 bits per heavy atom. The van der Waals surface area contributed by atoms with Crippen LogP contribution in [0.1, 0.15) is 34.1 Å². The van der Waals surface area contributed by atoms with Gasteiger partial charge in [-0.2, -0.15) is 8.42 Å². The van der Waals surface area contributed by atoms with E-state index in [4.69, 9.17) is 28.2 Å². The van der Waals surface area contributed by atoms with Crippen LogP contribution in [0.4, 0.5) is 0 Å². The van der Waals surface area contributed by atoms with Crippen LogP contribution in [0.25, 0.3) is 0 Å². The maximum Gasteiger partial charge on any atom is 0.305 e. The number of carbonyl (C=O) groups is 5. The van der Waals surface area contributed by atoms with Gasteiger partial charge in [0.05, 0.1) is 5.75 Å². The summed E-state index contributed by atoms with van der Waals surface area (Å²) in [6.45, 7) is 3.82. The standard InChI is InChI=1S/C17H25NO13S/c1-8(19)27-12-13(28-9(2)20)15(29-10(3)21)17(30-11(4)22)31-14(12)16(23)18-6-5-7-32(24,25)26/h12-15,17H,5-7H2,1-4H3,(H,18,23)(H,24,25,26)/t12-,13-,14-,15+,17+/m0/s1. The third kappa shape index (κ3) is 9.15. The van der Waals surface area contributed by atoms with Crippen LogP contribution in [0, 0.1) is 0 Å². The molecule has 0 aliphatic carbocycles.